The lowest BCUT2D eigenvalue weighted by molar-refractivity contribution is 0.214. The highest BCUT2D eigenvalue weighted by Gasteiger charge is 2.17. The second kappa shape index (κ2) is 5.94. The molecule has 0 aliphatic carbocycles. The highest BCUT2D eigenvalue weighted by molar-refractivity contribution is 9.10. The van der Waals surface area contributed by atoms with Gasteiger partial charge in [-0.1, -0.05) is 28.1 Å². The Hall–Kier alpha value is -1.39. The van der Waals surface area contributed by atoms with Crippen LogP contribution in [0.3, 0.4) is 0 Å². The Morgan fingerprint density at radius 2 is 1.85 bits per heavy atom. The largest absolute Gasteiger partial charge is 0.496 e. The lowest BCUT2D eigenvalue weighted by Gasteiger charge is -2.17. The summed E-state index contributed by atoms with van der Waals surface area (Å²) in [5.41, 5.74) is 2.81. The fourth-order valence-electron chi connectivity index (χ4n) is 2.08. The van der Waals surface area contributed by atoms with Crippen LogP contribution in [0.15, 0.2) is 34.8 Å². The smallest absolute Gasteiger partial charge is 0.126 e. The van der Waals surface area contributed by atoms with Crippen molar-refractivity contribution in [2.24, 2.45) is 0 Å². The van der Waals surface area contributed by atoms with Crippen molar-refractivity contribution in [3.05, 3.63) is 62.9 Å². The number of aryl methyl sites for hydroxylation is 2. The zero-order valence-electron chi connectivity index (χ0n) is 11.6. The van der Waals surface area contributed by atoms with Gasteiger partial charge in [0.25, 0.3) is 0 Å². The maximum Gasteiger partial charge on any atom is 0.126 e. The van der Waals surface area contributed by atoms with Crippen LogP contribution in [0.5, 0.6) is 5.75 Å². The van der Waals surface area contributed by atoms with Gasteiger partial charge in [-0.25, -0.2) is 4.39 Å². The number of rotatable bonds is 3. The second-order valence-electron chi connectivity index (χ2n) is 4.75. The number of hydrogen-bond acceptors (Lipinski definition) is 2. The van der Waals surface area contributed by atoms with E-state index < -0.39 is 6.10 Å². The molecule has 0 amide bonds. The molecule has 2 aromatic rings. The van der Waals surface area contributed by atoms with Crippen LogP contribution in [-0.2, 0) is 0 Å². The molecule has 2 nitrogen and oxygen atoms in total. The van der Waals surface area contributed by atoms with E-state index in [1.54, 1.807) is 26.2 Å². The van der Waals surface area contributed by atoms with Crippen molar-refractivity contribution in [1.29, 1.82) is 0 Å². The number of hydrogen-bond donors (Lipinski definition) is 1. The van der Waals surface area contributed by atoms with Gasteiger partial charge in [-0.15, -0.1) is 0 Å². The number of aliphatic hydroxyl groups is 1. The van der Waals surface area contributed by atoms with E-state index in [0.29, 0.717) is 22.4 Å². The Balaban J connectivity index is 2.49. The van der Waals surface area contributed by atoms with Gasteiger partial charge in [0.1, 0.15) is 17.7 Å². The summed E-state index contributed by atoms with van der Waals surface area (Å²) in [6, 6.07) is 8.29. The number of benzene rings is 2. The predicted molar refractivity (Wildman–Crippen MR) is 80.6 cm³/mol. The third-order valence-electron chi connectivity index (χ3n) is 3.30. The third kappa shape index (κ3) is 2.86. The average molecular weight is 339 g/mol. The zero-order valence-corrected chi connectivity index (χ0v) is 13.2. The summed E-state index contributed by atoms with van der Waals surface area (Å²) in [5.74, 6) is 0.332. The molecule has 0 aliphatic rings. The number of ether oxygens (including phenoxy) is 1. The highest BCUT2D eigenvalue weighted by Crippen LogP contribution is 2.34. The van der Waals surface area contributed by atoms with Crippen LogP contribution in [0.25, 0.3) is 0 Å². The Labute approximate surface area is 126 Å². The van der Waals surface area contributed by atoms with Gasteiger partial charge in [-0.2, -0.15) is 0 Å². The van der Waals surface area contributed by atoms with Crippen LogP contribution in [-0.4, -0.2) is 12.2 Å². The normalized spacial score (nSPS) is 12.3. The van der Waals surface area contributed by atoms with Crippen LogP contribution in [0, 0.1) is 19.7 Å². The van der Waals surface area contributed by atoms with E-state index in [-0.39, 0.29) is 5.82 Å². The Morgan fingerprint density at radius 1 is 1.15 bits per heavy atom. The number of methoxy groups -OCH3 is 1. The van der Waals surface area contributed by atoms with Gasteiger partial charge in [-0.05, 0) is 48.7 Å². The molecular formula is C16H16BrFO2. The zero-order chi connectivity index (χ0) is 14.9. The van der Waals surface area contributed by atoms with Crippen LogP contribution < -0.4 is 4.74 Å². The van der Waals surface area contributed by atoms with Crippen molar-refractivity contribution < 1.29 is 14.2 Å². The number of halogens is 2. The van der Waals surface area contributed by atoms with E-state index in [2.05, 4.69) is 15.9 Å². The lowest BCUT2D eigenvalue weighted by Crippen LogP contribution is -2.04. The van der Waals surface area contributed by atoms with E-state index >= 15 is 0 Å². The fraction of sp³-hybridized carbons (Fsp3) is 0.250. The monoisotopic (exact) mass is 338 g/mol. The first-order chi connectivity index (χ1) is 9.43. The minimum absolute atomic E-state index is 0.280. The van der Waals surface area contributed by atoms with E-state index in [1.807, 2.05) is 19.1 Å². The van der Waals surface area contributed by atoms with E-state index in [1.165, 1.54) is 6.07 Å². The third-order valence-corrected chi connectivity index (χ3v) is 4.16. The topological polar surface area (TPSA) is 29.5 Å². The maximum atomic E-state index is 13.3. The van der Waals surface area contributed by atoms with Crippen molar-refractivity contribution in [2.45, 2.75) is 20.0 Å². The first kappa shape index (κ1) is 15.0. The fourth-order valence-corrected chi connectivity index (χ4v) is 2.44. The molecular weight excluding hydrogens is 323 g/mol. The standard InChI is InChI=1S/C16H16BrFO2/c1-9-7-15(20-3)12(8-13(9)17)16(19)11-4-5-14(18)10(2)6-11/h4-8,16,19H,1-3H3. The molecule has 1 unspecified atom stereocenters. The first-order valence-electron chi connectivity index (χ1n) is 6.22. The second-order valence-corrected chi connectivity index (χ2v) is 5.61. The molecule has 20 heavy (non-hydrogen) atoms. The van der Waals surface area contributed by atoms with Crippen LogP contribution >= 0.6 is 15.9 Å². The Kier molecular flexibility index (Phi) is 4.45. The summed E-state index contributed by atoms with van der Waals surface area (Å²) in [5, 5.41) is 10.5. The lowest BCUT2D eigenvalue weighted by atomic mass is 9.98. The molecule has 0 spiro atoms. The molecule has 0 saturated heterocycles. The molecule has 2 rings (SSSR count). The molecule has 0 aliphatic heterocycles. The van der Waals surface area contributed by atoms with Gasteiger partial charge < -0.3 is 9.84 Å². The minimum atomic E-state index is -0.860. The summed E-state index contributed by atoms with van der Waals surface area (Å²) < 4.78 is 19.5. The van der Waals surface area contributed by atoms with Gasteiger partial charge >= 0.3 is 0 Å². The molecule has 2 aromatic carbocycles. The SMILES string of the molecule is COc1cc(C)c(Br)cc1C(O)c1ccc(F)c(C)c1. The summed E-state index contributed by atoms with van der Waals surface area (Å²) in [7, 11) is 1.56. The Morgan fingerprint density at radius 3 is 2.45 bits per heavy atom. The minimum Gasteiger partial charge on any atom is -0.496 e. The van der Waals surface area contributed by atoms with Crippen LogP contribution in [0.2, 0.25) is 0 Å². The highest BCUT2D eigenvalue weighted by atomic mass is 79.9. The van der Waals surface area contributed by atoms with Gasteiger partial charge in [0.2, 0.25) is 0 Å². The molecule has 0 aromatic heterocycles. The molecule has 0 radical (unpaired) electrons. The van der Waals surface area contributed by atoms with Crippen molar-refractivity contribution in [1.82, 2.24) is 0 Å². The maximum absolute atomic E-state index is 13.3. The van der Waals surface area contributed by atoms with Crippen molar-refractivity contribution in [2.75, 3.05) is 7.11 Å². The molecule has 1 N–H and O–H groups in total. The van der Waals surface area contributed by atoms with Gasteiger partial charge in [-0.3, -0.25) is 0 Å². The van der Waals surface area contributed by atoms with Gasteiger partial charge in [0.05, 0.1) is 7.11 Å². The number of aliphatic hydroxyl groups excluding tert-OH is 1. The molecule has 0 bridgehead atoms. The van der Waals surface area contributed by atoms with Crippen molar-refractivity contribution in [3.8, 4) is 5.75 Å². The van der Waals surface area contributed by atoms with E-state index in [0.717, 1.165) is 10.0 Å². The summed E-state index contributed by atoms with van der Waals surface area (Å²) >= 11 is 3.45. The quantitative estimate of drug-likeness (QED) is 0.904. The molecule has 0 fully saturated rings. The van der Waals surface area contributed by atoms with Crippen LogP contribution in [0.4, 0.5) is 4.39 Å². The van der Waals surface area contributed by atoms with Gasteiger partial charge in [0.15, 0.2) is 0 Å². The molecule has 1 atom stereocenters. The van der Waals surface area contributed by atoms with E-state index in [4.69, 9.17) is 4.74 Å². The molecule has 0 saturated carbocycles. The molecule has 106 valence electrons. The van der Waals surface area contributed by atoms with Crippen molar-refractivity contribution >= 4 is 15.9 Å². The van der Waals surface area contributed by atoms with Crippen molar-refractivity contribution in [3.63, 3.8) is 0 Å². The molecule has 4 heteroatoms. The predicted octanol–water partition coefficient (Wildman–Crippen LogP) is 4.30. The molecule has 0 heterocycles. The summed E-state index contributed by atoms with van der Waals surface area (Å²) in [6.07, 6.45) is -0.860. The van der Waals surface area contributed by atoms with Gasteiger partial charge in [0, 0.05) is 10.0 Å². The first-order valence-corrected chi connectivity index (χ1v) is 7.01. The van der Waals surface area contributed by atoms with Crippen LogP contribution in [0.1, 0.15) is 28.4 Å². The summed E-state index contributed by atoms with van der Waals surface area (Å²) in [6.45, 7) is 3.62. The average Bonchev–Trinajstić information content (AvgIpc) is 2.43. The summed E-state index contributed by atoms with van der Waals surface area (Å²) in [4.78, 5) is 0. The van der Waals surface area contributed by atoms with E-state index in [9.17, 15) is 9.50 Å². The Bertz CT molecular complexity index is 641.